The lowest BCUT2D eigenvalue weighted by atomic mass is 10.2. The molecule has 2 N–H and O–H groups in total. The number of nitrogens with one attached hydrogen (secondary N) is 1. The van der Waals surface area contributed by atoms with Crippen LogP contribution in [0.5, 0.6) is 5.75 Å². The van der Waals surface area contributed by atoms with Gasteiger partial charge in [0.2, 0.25) is 0 Å². The van der Waals surface area contributed by atoms with Crippen LogP contribution in [0.15, 0.2) is 18.2 Å². The second kappa shape index (κ2) is 8.58. The maximum Gasteiger partial charge on any atom is 0.147 e. The molecule has 0 fully saturated rings. The van der Waals surface area contributed by atoms with Crippen LogP contribution < -0.4 is 10.1 Å². The van der Waals surface area contributed by atoms with Gasteiger partial charge in [0.05, 0.1) is 5.75 Å². The van der Waals surface area contributed by atoms with E-state index >= 15 is 0 Å². The highest BCUT2D eigenvalue weighted by molar-refractivity contribution is 7.90. The van der Waals surface area contributed by atoms with Crippen molar-refractivity contribution < 1.29 is 18.3 Å². The van der Waals surface area contributed by atoms with E-state index in [1.807, 2.05) is 13.0 Å². The van der Waals surface area contributed by atoms with E-state index in [1.165, 1.54) is 6.26 Å². The van der Waals surface area contributed by atoms with E-state index < -0.39 is 15.9 Å². The van der Waals surface area contributed by atoms with E-state index in [9.17, 15) is 13.5 Å². The van der Waals surface area contributed by atoms with Gasteiger partial charge in [-0.1, -0.05) is 11.6 Å². The molecule has 1 aromatic carbocycles. The second-order valence-corrected chi connectivity index (χ2v) is 7.73. The van der Waals surface area contributed by atoms with Gasteiger partial charge in [-0.25, -0.2) is 8.42 Å². The van der Waals surface area contributed by atoms with Gasteiger partial charge in [0.15, 0.2) is 0 Å². The molecule has 1 rings (SSSR count). The fourth-order valence-corrected chi connectivity index (χ4v) is 2.47. The zero-order chi connectivity index (χ0) is 15.9. The van der Waals surface area contributed by atoms with Crippen molar-refractivity contribution in [1.82, 2.24) is 5.32 Å². The van der Waals surface area contributed by atoms with Crippen molar-refractivity contribution in [3.63, 3.8) is 0 Å². The summed E-state index contributed by atoms with van der Waals surface area (Å²) in [7, 11) is -2.92. The summed E-state index contributed by atoms with van der Waals surface area (Å²) in [4.78, 5) is 0. The standard InChI is InChI=1S/C14H22ClNO4S/c1-11-8-13(4-5-14(11)15)20-10-12(17)9-16-6-3-7-21(2,18)19/h4-5,8,12,16-17H,3,6-7,9-10H2,1-2H3. The Morgan fingerprint density at radius 1 is 1.43 bits per heavy atom. The molecule has 1 unspecified atom stereocenters. The van der Waals surface area contributed by atoms with Crippen molar-refractivity contribution >= 4 is 21.4 Å². The first kappa shape index (κ1) is 18.2. The van der Waals surface area contributed by atoms with Crippen molar-refractivity contribution in [1.29, 1.82) is 0 Å². The normalized spacial score (nSPS) is 13.1. The Bertz CT molecular complexity index is 548. The van der Waals surface area contributed by atoms with Gasteiger partial charge in [0.25, 0.3) is 0 Å². The lowest BCUT2D eigenvalue weighted by molar-refractivity contribution is 0.106. The molecule has 0 heterocycles. The third-order valence-electron chi connectivity index (χ3n) is 2.82. The lowest BCUT2D eigenvalue weighted by Crippen LogP contribution is -2.32. The van der Waals surface area contributed by atoms with Gasteiger partial charge in [-0.05, 0) is 43.7 Å². The van der Waals surface area contributed by atoms with Crippen LogP contribution in [-0.2, 0) is 9.84 Å². The third-order valence-corrected chi connectivity index (χ3v) is 4.27. The molecule has 120 valence electrons. The van der Waals surface area contributed by atoms with Crippen LogP contribution in [0.2, 0.25) is 5.02 Å². The van der Waals surface area contributed by atoms with Gasteiger partial charge in [0.1, 0.15) is 28.3 Å². The maximum absolute atomic E-state index is 10.9. The van der Waals surface area contributed by atoms with Crippen LogP contribution in [0, 0.1) is 6.92 Å². The van der Waals surface area contributed by atoms with Crippen LogP contribution in [0.3, 0.4) is 0 Å². The Labute approximate surface area is 131 Å². The van der Waals surface area contributed by atoms with E-state index in [0.717, 1.165) is 5.56 Å². The molecule has 5 nitrogen and oxygen atoms in total. The number of hydrogen-bond acceptors (Lipinski definition) is 5. The summed E-state index contributed by atoms with van der Waals surface area (Å²) < 4.78 is 27.3. The average molecular weight is 336 g/mol. The van der Waals surface area contributed by atoms with Crippen molar-refractivity contribution in [2.24, 2.45) is 0 Å². The number of sulfone groups is 1. The minimum Gasteiger partial charge on any atom is -0.491 e. The molecule has 0 aliphatic carbocycles. The van der Waals surface area contributed by atoms with Gasteiger partial charge >= 0.3 is 0 Å². The molecule has 0 saturated carbocycles. The van der Waals surface area contributed by atoms with E-state index in [0.29, 0.717) is 30.3 Å². The van der Waals surface area contributed by atoms with Crippen LogP contribution >= 0.6 is 11.6 Å². The first-order chi connectivity index (χ1) is 9.78. The molecular weight excluding hydrogens is 314 g/mol. The van der Waals surface area contributed by atoms with Gasteiger partial charge in [-0.2, -0.15) is 0 Å². The highest BCUT2D eigenvalue weighted by atomic mass is 35.5. The zero-order valence-corrected chi connectivity index (χ0v) is 13.9. The summed E-state index contributed by atoms with van der Waals surface area (Å²) >= 11 is 5.92. The van der Waals surface area contributed by atoms with Crippen LogP contribution in [0.4, 0.5) is 0 Å². The molecule has 0 spiro atoms. The van der Waals surface area contributed by atoms with Crippen molar-refractivity contribution in [3.8, 4) is 5.75 Å². The van der Waals surface area contributed by atoms with Crippen molar-refractivity contribution in [3.05, 3.63) is 28.8 Å². The van der Waals surface area contributed by atoms with E-state index in [2.05, 4.69) is 5.32 Å². The summed E-state index contributed by atoms with van der Waals surface area (Å²) in [6.45, 7) is 2.95. The highest BCUT2D eigenvalue weighted by Crippen LogP contribution is 2.20. The molecule has 0 bridgehead atoms. The summed E-state index contributed by atoms with van der Waals surface area (Å²) in [5, 5.41) is 13.4. The van der Waals surface area contributed by atoms with Crippen LogP contribution in [0.25, 0.3) is 0 Å². The fourth-order valence-electron chi connectivity index (χ4n) is 1.69. The Morgan fingerprint density at radius 3 is 2.76 bits per heavy atom. The predicted molar refractivity (Wildman–Crippen MR) is 84.9 cm³/mol. The topological polar surface area (TPSA) is 75.6 Å². The summed E-state index contributed by atoms with van der Waals surface area (Å²) in [6, 6.07) is 5.32. The van der Waals surface area contributed by atoms with E-state index in [-0.39, 0.29) is 12.4 Å². The number of aliphatic hydroxyl groups excluding tert-OH is 1. The Balaban J connectivity index is 2.19. The lowest BCUT2D eigenvalue weighted by Gasteiger charge is -2.13. The molecule has 0 amide bonds. The zero-order valence-electron chi connectivity index (χ0n) is 12.3. The van der Waals surface area contributed by atoms with Crippen molar-refractivity contribution in [2.45, 2.75) is 19.4 Å². The Kier molecular flexibility index (Phi) is 7.45. The Hall–Kier alpha value is -0.820. The molecule has 0 radical (unpaired) electrons. The van der Waals surface area contributed by atoms with Gasteiger partial charge < -0.3 is 15.2 Å². The number of hydrogen-bond donors (Lipinski definition) is 2. The number of aliphatic hydroxyl groups is 1. The monoisotopic (exact) mass is 335 g/mol. The van der Waals surface area contributed by atoms with Gasteiger partial charge in [-0.15, -0.1) is 0 Å². The summed E-state index contributed by atoms with van der Waals surface area (Å²) in [5.41, 5.74) is 0.919. The number of benzene rings is 1. The molecule has 1 aromatic rings. The predicted octanol–water partition coefficient (Wildman–Crippen LogP) is 1.41. The maximum atomic E-state index is 10.9. The minimum atomic E-state index is -2.92. The summed E-state index contributed by atoms with van der Waals surface area (Å²) in [5.74, 6) is 0.810. The van der Waals surface area contributed by atoms with E-state index in [1.54, 1.807) is 12.1 Å². The molecule has 0 aromatic heterocycles. The number of ether oxygens (including phenoxy) is 1. The highest BCUT2D eigenvalue weighted by Gasteiger charge is 2.06. The molecule has 0 aliphatic rings. The smallest absolute Gasteiger partial charge is 0.147 e. The number of rotatable bonds is 9. The van der Waals surface area contributed by atoms with E-state index in [4.69, 9.17) is 16.3 Å². The second-order valence-electron chi connectivity index (χ2n) is 5.06. The number of aryl methyl sites for hydroxylation is 1. The van der Waals surface area contributed by atoms with Crippen LogP contribution in [-0.4, -0.2) is 51.3 Å². The van der Waals surface area contributed by atoms with Crippen LogP contribution in [0.1, 0.15) is 12.0 Å². The third kappa shape index (κ3) is 8.26. The molecular formula is C14H22ClNO4S. The summed E-state index contributed by atoms with van der Waals surface area (Å²) in [6.07, 6.45) is 1.09. The quantitative estimate of drug-likeness (QED) is 0.667. The molecule has 0 aliphatic heterocycles. The first-order valence-electron chi connectivity index (χ1n) is 6.73. The molecule has 7 heteroatoms. The molecule has 0 saturated heterocycles. The average Bonchev–Trinajstić information content (AvgIpc) is 2.38. The minimum absolute atomic E-state index is 0.149. The largest absolute Gasteiger partial charge is 0.491 e. The van der Waals surface area contributed by atoms with Gasteiger partial charge in [-0.3, -0.25) is 0 Å². The van der Waals surface area contributed by atoms with Gasteiger partial charge in [0, 0.05) is 17.8 Å². The molecule has 21 heavy (non-hydrogen) atoms. The fraction of sp³-hybridized carbons (Fsp3) is 0.571. The number of halogens is 1. The first-order valence-corrected chi connectivity index (χ1v) is 9.17. The Morgan fingerprint density at radius 2 is 2.14 bits per heavy atom. The van der Waals surface area contributed by atoms with Crippen molar-refractivity contribution in [2.75, 3.05) is 31.7 Å². The molecule has 1 atom stereocenters. The SMILES string of the molecule is Cc1cc(OCC(O)CNCCCS(C)(=O)=O)ccc1Cl.